The summed E-state index contributed by atoms with van der Waals surface area (Å²) in [5.74, 6) is -0.496. The average molecular weight is 353 g/mol. The van der Waals surface area contributed by atoms with Gasteiger partial charge in [0.1, 0.15) is 0 Å². The molecule has 0 atom stereocenters. The molecule has 2 aromatic rings. The van der Waals surface area contributed by atoms with E-state index in [0.29, 0.717) is 16.8 Å². The van der Waals surface area contributed by atoms with E-state index in [1.807, 2.05) is 24.0 Å². The number of benzene rings is 1. The van der Waals surface area contributed by atoms with E-state index in [2.05, 4.69) is 22.2 Å². The van der Waals surface area contributed by atoms with Crippen LogP contribution in [0.5, 0.6) is 0 Å². The van der Waals surface area contributed by atoms with Crippen molar-refractivity contribution in [3.63, 3.8) is 0 Å². The van der Waals surface area contributed by atoms with Crippen molar-refractivity contribution >= 4 is 23.2 Å². The minimum absolute atomic E-state index is 0.0437. The van der Waals surface area contributed by atoms with E-state index in [1.165, 1.54) is 6.20 Å². The number of hydrogen-bond acceptors (Lipinski definition) is 5. The molecule has 1 saturated heterocycles. The molecule has 0 radical (unpaired) electrons. The molecule has 7 heteroatoms. The van der Waals surface area contributed by atoms with Crippen molar-refractivity contribution in [1.29, 1.82) is 0 Å². The summed E-state index contributed by atoms with van der Waals surface area (Å²) in [6, 6.07) is 9.00. The van der Waals surface area contributed by atoms with Gasteiger partial charge < -0.3 is 20.9 Å². The molecule has 3 rings (SSSR count). The maximum absolute atomic E-state index is 12.6. The van der Waals surface area contributed by atoms with Crippen molar-refractivity contribution in [3.8, 4) is 0 Å². The molecular weight excluding hydrogens is 330 g/mol. The summed E-state index contributed by atoms with van der Waals surface area (Å²) >= 11 is 0. The van der Waals surface area contributed by atoms with Crippen LogP contribution in [0.2, 0.25) is 0 Å². The molecule has 2 amide bonds. The highest BCUT2D eigenvalue weighted by Crippen LogP contribution is 2.22. The van der Waals surface area contributed by atoms with Crippen LogP contribution in [0.25, 0.3) is 0 Å². The van der Waals surface area contributed by atoms with E-state index in [0.717, 1.165) is 37.6 Å². The van der Waals surface area contributed by atoms with Gasteiger partial charge >= 0.3 is 0 Å². The number of rotatable bonds is 4. The lowest BCUT2D eigenvalue weighted by molar-refractivity contribution is 0.0664. The van der Waals surface area contributed by atoms with Gasteiger partial charge in [0.15, 0.2) is 0 Å². The molecule has 0 spiro atoms. The minimum Gasteiger partial charge on any atom is -0.365 e. The van der Waals surface area contributed by atoms with Crippen LogP contribution in [0.4, 0.5) is 11.4 Å². The normalized spacial score (nSPS) is 14.9. The number of hydrogen-bond donors (Lipinski definition) is 2. The van der Waals surface area contributed by atoms with Gasteiger partial charge in [-0.25, -0.2) is 0 Å². The fourth-order valence-corrected chi connectivity index (χ4v) is 2.90. The van der Waals surface area contributed by atoms with E-state index in [4.69, 9.17) is 5.73 Å². The standard InChI is InChI=1S/C19H23N5O2/c1-13-11-17(16(12-21-13)18(20)25)22-15-5-3-14(4-6-15)19(26)24-9-7-23(2)8-10-24/h3-6,11-12H,7-10H2,1-2H3,(H2,20,25)(H,21,22). The van der Waals surface area contributed by atoms with Crippen molar-refractivity contribution < 1.29 is 9.59 Å². The number of anilines is 2. The van der Waals surface area contributed by atoms with Crippen LogP contribution in [0.15, 0.2) is 36.5 Å². The van der Waals surface area contributed by atoms with Gasteiger partial charge in [0.25, 0.3) is 11.8 Å². The van der Waals surface area contributed by atoms with Crippen molar-refractivity contribution in [2.75, 3.05) is 38.5 Å². The molecule has 1 fully saturated rings. The van der Waals surface area contributed by atoms with E-state index in [-0.39, 0.29) is 5.91 Å². The Hall–Kier alpha value is -2.93. The van der Waals surface area contributed by atoms with Gasteiger partial charge in [0.2, 0.25) is 0 Å². The summed E-state index contributed by atoms with van der Waals surface area (Å²) in [6.07, 6.45) is 1.46. The third kappa shape index (κ3) is 4.00. The maximum Gasteiger partial charge on any atom is 0.253 e. The predicted octanol–water partition coefficient (Wildman–Crippen LogP) is 1.62. The third-order valence-corrected chi connectivity index (χ3v) is 4.51. The number of nitrogens with one attached hydrogen (secondary N) is 1. The zero-order chi connectivity index (χ0) is 18.7. The molecule has 7 nitrogen and oxygen atoms in total. The Morgan fingerprint density at radius 2 is 1.77 bits per heavy atom. The zero-order valence-corrected chi connectivity index (χ0v) is 15.0. The number of nitrogens with zero attached hydrogens (tertiary/aromatic N) is 3. The first-order chi connectivity index (χ1) is 12.4. The molecule has 0 aliphatic carbocycles. The van der Waals surface area contributed by atoms with Crippen molar-refractivity contribution in [1.82, 2.24) is 14.8 Å². The fraction of sp³-hybridized carbons (Fsp3) is 0.316. The second-order valence-corrected chi connectivity index (χ2v) is 6.53. The Labute approximate surface area is 152 Å². The molecule has 1 aliphatic rings. The van der Waals surface area contributed by atoms with Gasteiger partial charge in [-0.2, -0.15) is 0 Å². The summed E-state index contributed by atoms with van der Waals surface area (Å²) in [7, 11) is 2.06. The first-order valence-electron chi connectivity index (χ1n) is 8.55. The lowest BCUT2D eigenvalue weighted by Crippen LogP contribution is -2.47. The minimum atomic E-state index is -0.540. The van der Waals surface area contributed by atoms with Gasteiger partial charge in [-0.3, -0.25) is 14.6 Å². The molecule has 0 bridgehead atoms. The van der Waals surface area contributed by atoms with Gasteiger partial charge in [-0.05, 0) is 44.3 Å². The van der Waals surface area contributed by atoms with Crippen molar-refractivity contribution in [2.24, 2.45) is 5.73 Å². The number of aromatic nitrogens is 1. The van der Waals surface area contributed by atoms with Gasteiger partial charge in [-0.15, -0.1) is 0 Å². The Kier molecular flexibility index (Phi) is 5.18. The highest BCUT2D eigenvalue weighted by molar-refractivity contribution is 5.99. The highest BCUT2D eigenvalue weighted by atomic mass is 16.2. The van der Waals surface area contributed by atoms with Crippen molar-refractivity contribution in [2.45, 2.75) is 6.92 Å². The molecule has 0 unspecified atom stereocenters. The van der Waals surface area contributed by atoms with Crippen LogP contribution in [-0.2, 0) is 0 Å². The maximum atomic E-state index is 12.6. The fourth-order valence-electron chi connectivity index (χ4n) is 2.90. The van der Waals surface area contributed by atoms with Gasteiger partial charge in [0.05, 0.1) is 11.3 Å². The quantitative estimate of drug-likeness (QED) is 0.871. The number of pyridine rings is 1. The summed E-state index contributed by atoms with van der Waals surface area (Å²) < 4.78 is 0. The van der Waals surface area contributed by atoms with Crippen LogP contribution in [0.3, 0.4) is 0 Å². The number of primary amides is 1. The molecular formula is C19H23N5O2. The highest BCUT2D eigenvalue weighted by Gasteiger charge is 2.20. The van der Waals surface area contributed by atoms with Crippen LogP contribution < -0.4 is 11.1 Å². The van der Waals surface area contributed by atoms with Crippen molar-refractivity contribution in [3.05, 3.63) is 53.3 Å². The molecule has 1 aromatic heterocycles. The first kappa shape index (κ1) is 17.9. The third-order valence-electron chi connectivity index (χ3n) is 4.51. The Morgan fingerprint density at radius 3 is 2.38 bits per heavy atom. The Bertz CT molecular complexity index is 811. The van der Waals surface area contributed by atoms with E-state index < -0.39 is 5.91 Å². The molecule has 1 aromatic carbocycles. The van der Waals surface area contributed by atoms with E-state index >= 15 is 0 Å². The summed E-state index contributed by atoms with van der Waals surface area (Å²) in [6.45, 7) is 5.11. The first-order valence-corrected chi connectivity index (χ1v) is 8.55. The summed E-state index contributed by atoms with van der Waals surface area (Å²) in [5, 5.41) is 3.17. The van der Waals surface area contributed by atoms with Gasteiger partial charge in [-0.1, -0.05) is 0 Å². The van der Waals surface area contributed by atoms with Crippen LogP contribution >= 0.6 is 0 Å². The number of aryl methyl sites for hydroxylation is 1. The second-order valence-electron chi connectivity index (χ2n) is 6.53. The molecule has 0 saturated carbocycles. The Morgan fingerprint density at radius 1 is 1.12 bits per heavy atom. The summed E-state index contributed by atoms with van der Waals surface area (Å²) in [4.78, 5) is 32.3. The number of likely N-dealkylation sites (N-methyl/N-ethyl adjacent to an activating group) is 1. The number of nitrogens with two attached hydrogens (primary N) is 1. The molecule has 3 N–H and O–H groups in total. The van der Waals surface area contributed by atoms with Crippen LogP contribution in [0.1, 0.15) is 26.4 Å². The van der Waals surface area contributed by atoms with E-state index in [9.17, 15) is 9.59 Å². The second kappa shape index (κ2) is 7.53. The number of piperazine rings is 1. The zero-order valence-electron chi connectivity index (χ0n) is 15.0. The smallest absolute Gasteiger partial charge is 0.253 e. The average Bonchev–Trinajstić information content (AvgIpc) is 2.62. The largest absolute Gasteiger partial charge is 0.365 e. The topological polar surface area (TPSA) is 91.6 Å². The lowest BCUT2D eigenvalue weighted by Gasteiger charge is -2.32. The number of carbonyl (C=O) groups is 2. The molecule has 2 heterocycles. The molecule has 1 aliphatic heterocycles. The van der Waals surface area contributed by atoms with E-state index in [1.54, 1.807) is 18.2 Å². The lowest BCUT2D eigenvalue weighted by atomic mass is 10.1. The summed E-state index contributed by atoms with van der Waals surface area (Å²) in [5.41, 5.74) is 8.53. The molecule has 136 valence electrons. The number of amides is 2. The monoisotopic (exact) mass is 353 g/mol. The molecule has 26 heavy (non-hydrogen) atoms. The number of carbonyl (C=O) groups excluding carboxylic acids is 2. The van der Waals surface area contributed by atoms with Crippen LogP contribution in [-0.4, -0.2) is 59.8 Å². The predicted molar refractivity (Wildman–Crippen MR) is 101 cm³/mol. The SMILES string of the molecule is Cc1cc(Nc2ccc(C(=O)N3CCN(C)CC3)cc2)c(C(N)=O)cn1. The van der Waals surface area contributed by atoms with Crippen LogP contribution in [0, 0.1) is 6.92 Å². The Balaban J connectivity index is 1.73. The van der Waals surface area contributed by atoms with Gasteiger partial charge in [0, 0.05) is 49.3 Å².